The second-order valence-electron chi connectivity index (χ2n) is 10.00. The zero-order valence-electron chi connectivity index (χ0n) is 22.8. The fraction of sp³-hybridized carbons (Fsp3) is 0.345. The van der Waals surface area contributed by atoms with E-state index in [-0.39, 0.29) is 35.3 Å². The summed E-state index contributed by atoms with van der Waals surface area (Å²) in [5, 5.41) is 27.6. The van der Waals surface area contributed by atoms with E-state index in [4.69, 9.17) is 4.74 Å². The molecule has 0 aliphatic carbocycles. The molecule has 0 spiro atoms. The minimum atomic E-state index is -3.73. The van der Waals surface area contributed by atoms with Crippen molar-refractivity contribution in [1.29, 1.82) is 0 Å². The van der Waals surface area contributed by atoms with Crippen molar-refractivity contribution in [2.24, 2.45) is 5.92 Å². The second-order valence-corrected chi connectivity index (χ2v) is 11.9. The normalized spacial score (nSPS) is 15.2. The number of carbonyl (C=O) groups excluding carboxylic acids is 1. The SMILES string of the molecule is O=C(NCc1c(F)cccc1F)Nc1ccc(S(=O)(=O)N2CCC(CNC[C@H](O)COc3ccc(O)cc3)CC2)cc1. The number of aliphatic hydroxyl groups is 1. The summed E-state index contributed by atoms with van der Waals surface area (Å²) in [6.45, 7) is 1.43. The molecule has 10 nitrogen and oxygen atoms in total. The summed E-state index contributed by atoms with van der Waals surface area (Å²) in [5.41, 5.74) is 0.0590. The highest BCUT2D eigenvalue weighted by Crippen LogP contribution is 2.25. The number of sulfonamides is 1. The molecular weight excluding hydrogens is 570 g/mol. The average molecular weight is 605 g/mol. The van der Waals surface area contributed by atoms with Gasteiger partial charge < -0.3 is 30.9 Å². The van der Waals surface area contributed by atoms with E-state index in [1.54, 1.807) is 12.1 Å². The fourth-order valence-electron chi connectivity index (χ4n) is 4.51. The van der Waals surface area contributed by atoms with Crippen molar-refractivity contribution in [3.63, 3.8) is 0 Å². The van der Waals surface area contributed by atoms with E-state index in [0.29, 0.717) is 50.5 Å². The summed E-state index contributed by atoms with van der Waals surface area (Å²) in [6.07, 6.45) is 0.599. The van der Waals surface area contributed by atoms with Crippen molar-refractivity contribution in [1.82, 2.24) is 14.9 Å². The van der Waals surface area contributed by atoms with Crippen LogP contribution in [0.1, 0.15) is 18.4 Å². The number of rotatable bonds is 12. The first kappa shape index (κ1) is 31.2. The molecule has 1 atom stereocenters. The third-order valence-electron chi connectivity index (χ3n) is 6.90. The molecule has 0 bridgehead atoms. The first-order valence-electron chi connectivity index (χ1n) is 13.5. The van der Waals surface area contributed by atoms with Crippen molar-refractivity contribution in [2.75, 3.05) is 38.1 Å². The molecule has 0 unspecified atom stereocenters. The second kappa shape index (κ2) is 14.4. The molecule has 42 heavy (non-hydrogen) atoms. The minimum Gasteiger partial charge on any atom is -0.508 e. The van der Waals surface area contributed by atoms with Crippen LogP contribution in [0.15, 0.2) is 71.6 Å². The Labute approximate surface area is 243 Å². The van der Waals surface area contributed by atoms with E-state index < -0.39 is 33.8 Å². The van der Waals surface area contributed by atoms with Crippen LogP contribution in [0.2, 0.25) is 0 Å². The molecule has 1 fully saturated rings. The van der Waals surface area contributed by atoms with Crippen LogP contribution < -0.4 is 20.7 Å². The van der Waals surface area contributed by atoms with Gasteiger partial charge in [0.05, 0.1) is 11.4 Å². The lowest BCUT2D eigenvalue weighted by molar-refractivity contribution is 0.104. The Morgan fingerprint density at radius 3 is 2.29 bits per heavy atom. The number of nitrogens with zero attached hydrogens (tertiary/aromatic N) is 1. The molecule has 1 aliphatic rings. The van der Waals surface area contributed by atoms with Gasteiger partial charge in [-0.15, -0.1) is 0 Å². The maximum atomic E-state index is 13.7. The summed E-state index contributed by atoms with van der Waals surface area (Å²) in [4.78, 5) is 12.2. The molecule has 0 saturated carbocycles. The molecule has 4 rings (SSSR count). The molecule has 1 heterocycles. The third-order valence-corrected chi connectivity index (χ3v) is 8.82. The number of phenolic OH excluding ortho intramolecular Hbond substituents is 1. The summed E-state index contributed by atoms with van der Waals surface area (Å²) in [6, 6.07) is 14.7. The summed E-state index contributed by atoms with van der Waals surface area (Å²) in [7, 11) is -3.73. The molecule has 3 aromatic carbocycles. The van der Waals surface area contributed by atoms with Crippen molar-refractivity contribution >= 4 is 21.7 Å². The third kappa shape index (κ3) is 8.61. The molecule has 0 aromatic heterocycles. The molecule has 5 N–H and O–H groups in total. The Kier molecular flexibility index (Phi) is 10.7. The maximum absolute atomic E-state index is 13.7. The molecule has 226 valence electrons. The van der Waals surface area contributed by atoms with E-state index in [1.165, 1.54) is 46.8 Å². The predicted molar refractivity (Wildman–Crippen MR) is 153 cm³/mol. The van der Waals surface area contributed by atoms with Gasteiger partial charge in [0.15, 0.2) is 0 Å². The van der Waals surface area contributed by atoms with Crippen molar-refractivity contribution < 1.29 is 36.9 Å². The van der Waals surface area contributed by atoms with Crippen molar-refractivity contribution in [2.45, 2.75) is 30.4 Å². The lowest BCUT2D eigenvalue weighted by atomic mass is 9.98. The number of piperidine rings is 1. The number of aliphatic hydroxyl groups excluding tert-OH is 1. The number of hydrogen-bond donors (Lipinski definition) is 5. The number of carbonyl (C=O) groups is 1. The van der Waals surface area contributed by atoms with E-state index in [2.05, 4.69) is 16.0 Å². The van der Waals surface area contributed by atoms with Crippen LogP contribution in [0.25, 0.3) is 0 Å². The average Bonchev–Trinajstić information content (AvgIpc) is 2.97. The summed E-state index contributed by atoms with van der Waals surface area (Å²) < 4.78 is 60.7. The first-order chi connectivity index (χ1) is 20.1. The number of phenols is 1. The van der Waals surface area contributed by atoms with Crippen LogP contribution in [0.3, 0.4) is 0 Å². The maximum Gasteiger partial charge on any atom is 0.319 e. The van der Waals surface area contributed by atoms with Crippen molar-refractivity contribution in [3.05, 3.63) is 83.9 Å². The molecular formula is C29H34F2N4O6S. The van der Waals surface area contributed by atoms with Crippen LogP contribution in [0, 0.1) is 17.6 Å². The van der Waals surface area contributed by atoms with Crippen LogP contribution >= 0.6 is 0 Å². The van der Waals surface area contributed by atoms with Crippen LogP contribution in [0.4, 0.5) is 19.3 Å². The van der Waals surface area contributed by atoms with Gasteiger partial charge in [0, 0.05) is 30.9 Å². The van der Waals surface area contributed by atoms with Crippen LogP contribution in [-0.4, -0.2) is 67.9 Å². The van der Waals surface area contributed by atoms with Crippen LogP contribution in [-0.2, 0) is 16.6 Å². The molecule has 1 aliphatic heterocycles. The van der Waals surface area contributed by atoms with E-state index in [9.17, 15) is 32.2 Å². The quantitative estimate of drug-likeness (QED) is 0.213. The van der Waals surface area contributed by atoms with E-state index in [1.807, 2.05) is 0 Å². The van der Waals surface area contributed by atoms with Gasteiger partial charge in [-0.2, -0.15) is 4.31 Å². The smallest absolute Gasteiger partial charge is 0.319 e. The molecule has 1 saturated heterocycles. The Bertz CT molecular complexity index is 1410. The molecule has 3 aromatic rings. The minimum absolute atomic E-state index is 0.0928. The van der Waals surface area contributed by atoms with Crippen molar-refractivity contribution in [3.8, 4) is 11.5 Å². The zero-order chi connectivity index (χ0) is 30.1. The molecule has 2 amide bonds. The zero-order valence-corrected chi connectivity index (χ0v) is 23.6. The molecule has 13 heteroatoms. The number of hydrogen-bond acceptors (Lipinski definition) is 7. The molecule has 0 radical (unpaired) electrons. The van der Waals surface area contributed by atoms with Gasteiger partial charge >= 0.3 is 6.03 Å². The monoisotopic (exact) mass is 604 g/mol. The number of benzene rings is 3. The number of aromatic hydroxyl groups is 1. The highest BCUT2D eigenvalue weighted by Gasteiger charge is 2.29. The van der Waals surface area contributed by atoms with Gasteiger partial charge in [-0.25, -0.2) is 22.0 Å². The summed E-state index contributed by atoms with van der Waals surface area (Å²) >= 11 is 0. The Morgan fingerprint density at radius 1 is 1.00 bits per heavy atom. The first-order valence-corrected chi connectivity index (χ1v) is 14.9. The number of halogens is 2. The van der Waals surface area contributed by atoms with E-state index >= 15 is 0 Å². The largest absolute Gasteiger partial charge is 0.508 e. The van der Waals surface area contributed by atoms with E-state index in [0.717, 1.165) is 12.1 Å². The van der Waals surface area contributed by atoms with Gasteiger partial charge in [0.1, 0.15) is 35.8 Å². The Balaban J connectivity index is 1.17. The van der Waals surface area contributed by atoms with Gasteiger partial charge in [0.25, 0.3) is 0 Å². The Hall–Kier alpha value is -3.78. The van der Waals surface area contributed by atoms with Gasteiger partial charge in [-0.3, -0.25) is 0 Å². The van der Waals surface area contributed by atoms with Gasteiger partial charge in [-0.05, 0) is 86.0 Å². The number of anilines is 1. The Morgan fingerprint density at radius 2 is 1.64 bits per heavy atom. The van der Waals surface area contributed by atoms with Gasteiger partial charge in [-0.1, -0.05) is 6.07 Å². The highest BCUT2D eigenvalue weighted by molar-refractivity contribution is 7.89. The summed E-state index contributed by atoms with van der Waals surface area (Å²) in [5.74, 6) is -0.596. The highest BCUT2D eigenvalue weighted by atomic mass is 32.2. The number of nitrogens with one attached hydrogen (secondary N) is 3. The topological polar surface area (TPSA) is 140 Å². The lowest BCUT2D eigenvalue weighted by Gasteiger charge is -2.31. The number of amides is 2. The fourth-order valence-corrected chi connectivity index (χ4v) is 5.98. The predicted octanol–water partition coefficient (Wildman–Crippen LogP) is 3.42. The van der Waals surface area contributed by atoms with Gasteiger partial charge in [0.2, 0.25) is 10.0 Å². The number of urea groups is 1. The lowest BCUT2D eigenvalue weighted by Crippen LogP contribution is -2.42. The number of ether oxygens (including phenoxy) is 1. The van der Waals surface area contributed by atoms with Crippen LogP contribution in [0.5, 0.6) is 11.5 Å². The standard InChI is InChI=1S/C29H34F2N4O6S/c30-27-2-1-3-28(31)26(27)18-33-29(38)34-21-4-10-25(11-5-21)42(39,40)35-14-12-20(13-15-35)16-32-17-23(37)19-41-24-8-6-22(36)7-9-24/h1-11,20,23,32,36-37H,12-19H2,(H2,33,34,38)/t23-/m0/s1.